The lowest BCUT2D eigenvalue weighted by Crippen LogP contribution is -2.34. The van der Waals surface area contributed by atoms with E-state index in [0.717, 1.165) is 8.66 Å². The number of aryl methyl sites for hydroxylation is 1. The number of hydrogen-bond donors (Lipinski definition) is 0. The molecule has 0 aliphatic carbocycles. The van der Waals surface area contributed by atoms with Crippen molar-refractivity contribution in [3.8, 4) is 0 Å². The molecule has 30 heavy (non-hydrogen) atoms. The van der Waals surface area contributed by atoms with Crippen LogP contribution in [0.4, 0.5) is 0 Å². The van der Waals surface area contributed by atoms with E-state index >= 15 is 0 Å². The number of thiophene rings is 1. The Kier molecular flexibility index (Phi) is 7.53. The van der Waals surface area contributed by atoms with Crippen LogP contribution in [-0.4, -0.2) is 39.5 Å². The van der Waals surface area contributed by atoms with Gasteiger partial charge in [-0.25, -0.2) is 4.98 Å². The van der Waals surface area contributed by atoms with Gasteiger partial charge in [0, 0.05) is 18.0 Å². The SMILES string of the molecule is C=CCN(Cc1ccc(Br)s1)C(=O)COC(=O)CCn1cnc2ccccc2c1=O. The number of fused-ring (bicyclic) bond motifs is 1. The Labute approximate surface area is 185 Å². The molecule has 0 N–H and O–H groups in total. The fourth-order valence-electron chi connectivity index (χ4n) is 2.82. The number of aromatic nitrogens is 2. The number of nitrogens with zero attached hydrogens (tertiary/aromatic N) is 3. The van der Waals surface area contributed by atoms with Gasteiger partial charge in [0.1, 0.15) is 0 Å². The molecular formula is C21H20BrN3O4S. The summed E-state index contributed by atoms with van der Waals surface area (Å²) in [5, 5.41) is 0.490. The lowest BCUT2D eigenvalue weighted by Gasteiger charge is -2.20. The largest absolute Gasteiger partial charge is 0.456 e. The molecule has 0 fully saturated rings. The summed E-state index contributed by atoms with van der Waals surface area (Å²) in [6.07, 6.45) is 3.00. The zero-order valence-electron chi connectivity index (χ0n) is 16.1. The second-order valence-corrected chi connectivity index (χ2v) is 8.99. The standard InChI is InChI=1S/C21H20BrN3O4S/c1-2-10-24(12-15-7-8-18(22)30-15)19(26)13-29-20(27)9-11-25-14-23-17-6-4-3-5-16(17)21(25)28/h2-8,14H,1,9-13H2. The second kappa shape index (κ2) is 10.3. The normalized spacial score (nSPS) is 10.7. The highest BCUT2D eigenvalue weighted by Gasteiger charge is 2.16. The van der Waals surface area contributed by atoms with Crippen LogP contribution >= 0.6 is 27.3 Å². The van der Waals surface area contributed by atoms with E-state index in [1.807, 2.05) is 12.1 Å². The second-order valence-electron chi connectivity index (χ2n) is 6.44. The lowest BCUT2D eigenvalue weighted by molar-refractivity contribution is -0.152. The van der Waals surface area contributed by atoms with Crippen LogP contribution < -0.4 is 5.56 Å². The van der Waals surface area contributed by atoms with E-state index in [2.05, 4.69) is 27.5 Å². The van der Waals surface area contributed by atoms with Crippen molar-refractivity contribution in [3.05, 3.63) is 74.4 Å². The van der Waals surface area contributed by atoms with Gasteiger partial charge in [-0.3, -0.25) is 19.0 Å². The Morgan fingerprint density at radius 3 is 2.80 bits per heavy atom. The van der Waals surface area contributed by atoms with Crippen molar-refractivity contribution in [2.75, 3.05) is 13.2 Å². The topological polar surface area (TPSA) is 81.5 Å². The van der Waals surface area contributed by atoms with Gasteiger partial charge in [0.15, 0.2) is 6.61 Å². The van der Waals surface area contributed by atoms with Gasteiger partial charge in [-0.05, 0) is 40.2 Å². The minimum Gasteiger partial charge on any atom is -0.456 e. The summed E-state index contributed by atoms with van der Waals surface area (Å²) in [6, 6.07) is 10.9. The monoisotopic (exact) mass is 489 g/mol. The highest BCUT2D eigenvalue weighted by atomic mass is 79.9. The third-order valence-corrected chi connectivity index (χ3v) is 5.93. The molecule has 3 aromatic rings. The van der Waals surface area contributed by atoms with Crippen LogP contribution in [-0.2, 0) is 27.4 Å². The smallest absolute Gasteiger partial charge is 0.308 e. The van der Waals surface area contributed by atoms with Gasteiger partial charge in [0.05, 0.1) is 34.0 Å². The molecule has 9 heteroatoms. The van der Waals surface area contributed by atoms with Gasteiger partial charge in [0.2, 0.25) is 0 Å². The average Bonchev–Trinajstić information content (AvgIpc) is 3.16. The first kappa shape index (κ1) is 21.9. The maximum absolute atomic E-state index is 12.5. The minimum atomic E-state index is -0.555. The van der Waals surface area contributed by atoms with Crippen LogP contribution in [0.2, 0.25) is 0 Å². The first-order valence-corrected chi connectivity index (χ1v) is 10.8. The first-order chi connectivity index (χ1) is 14.5. The van der Waals surface area contributed by atoms with Gasteiger partial charge in [0.25, 0.3) is 11.5 Å². The van der Waals surface area contributed by atoms with Crippen molar-refractivity contribution in [1.29, 1.82) is 0 Å². The number of carbonyl (C=O) groups is 2. The summed E-state index contributed by atoms with van der Waals surface area (Å²) in [4.78, 5) is 43.8. The number of ether oxygens (including phenoxy) is 1. The van der Waals surface area contributed by atoms with Crippen molar-refractivity contribution in [3.63, 3.8) is 0 Å². The highest BCUT2D eigenvalue weighted by molar-refractivity contribution is 9.11. The first-order valence-electron chi connectivity index (χ1n) is 9.20. The molecule has 0 unspecified atom stereocenters. The molecule has 0 aliphatic heterocycles. The number of rotatable bonds is 9. The van der Waals surface area contributed by atoms with Crippen LogP contribution in [0.25, 0.3) is 10.9 Å². The van der Waals surface area contributed by atoms with Crippen LogP contribution in [0.1, 0.15) is 11.3 Å². The van der Waals surface area contributed by atoms with Gasteiger partial charge >= 0.3 is 5.97 Å². The summed E-state index contributed by atoms with van der Waals surface area (Å²) >= 11 is 4.93. The molecule has 3 rings (SSSR count). The van der Waals surface area contributed by atoms with Crippen molar-refractivity contribution in [2.24, 2.45) is 0 Å². The predicted octanol–water partition coefficient (Wildman–Crippen LogP) is 3.37. The molecule has 0 radical (unpaired) electrons. The number of esters is 1. The zero-order chi connectivity index (χ0) is 21.5. The Bertz CT molecular complexity index is 1120. The minimum absolute atomic E-state index is 0.0352. The third-order valence-electron chi connectivity index (χ3n) is 4.32. The van der Waals surface area contributed by atoms with E-state index < -0.39 is 5.97 Å². The Morgan fingerprint density at radius 1 is 1.27 bits per heavy atom. The van der Waals surface area contributed by atoms with Crippen LogP contribution in [0.15, 0.2) is 64.0 Å². The maximum Gasteiger partial charge on any atom is 0.308 e. The van der Waals surface area contributed by atoms with E-state index in [1.165, 1.54) is 22.2 Å². The molecule has 1 aromatic carbocycles. The molecule has 0 saturated carbocycles. The number of hydrogen-bond acceptors (Lipinski definition) is 6. The summed E-state index contributed by atoms with van der Waals surface area (Å²) in [7, 11) is 0. The number of halogens is 1. The summed E-state index contributed by atoms with van der Waals surface area (Å²) < 4.78 is 7.46. The van der Waals surface area contributed by atoms with Gasteiger partial charge < -0.3 is 9.64 Å². The van der Waals surface area contributed by atoms with Crippen molar-refractivity contribution in [2.45, 2.75) is 19.5 Å². The van der Waals surface area contributed by atoms with Crippen LogP contribution in [0, 0.1) is 0 Å². The van der Waals surface area contributed by atoms with Crippen molar-refractivity contribution in [1.82, 2.24) is 14.5 Å². The molecule has 2 heterocycles. The quantitative estimate of drug-likeness (QED) is 0.340. The lowest BCUT2D eigenvalue weighted by atomic mass is 10.2. The molecule has 2 aromatic heterocycles. The number of benzene rings is 1. The fraction of sp³-hybridized carbons (Fsp3) is 0.238. The Morgan fingerprint density at radius 2 is 2.07 bits per heavy atom. The molecule has 0 atom stereocenters. The van der Waals surface area contributed by atoms with Gasteiger partial charge in [-0.1, -0.05) is 18.2 Å². The predicted molar refractivity (Wildman–Crippen MR) is 119 cm³/mol. The Balaban J connectivity index is 1.53. The van der Waals surface area contributed by atoms with Gasteiger partial charge in [-0.15, -0.1) is 17.9 Å². The summed E-state index contributed by atoms with van der Waals surface area (Å²) in [5.74, 6) is -0.863. The molecule has 0 saturated heterocycles. The average molecular weight is 490 g/mol. The molecule has 1 amide bonds. The number of para-hydroxylation sites is 1. The van der Waals surface area contributed by atoms with Gasteiger partial charge in [-0.2, -0.15) is 0 Å². The van der Waals surface area contributed by atoms with Crippen molar-refractivity contribution < 1.29 is 14.3 Å². The molecule has 0 spiro atoms. The highest BCUT2D eigenvalue weighted by Crippen LogP contribution is 2.23. The summed E-state index contributed by atoms with van der Waals surface area (Å²) in [6.45, 7) is 4.21. The van der Waals surface area contributed by atoms with Crippen LogP contribution in [0.5, 0.6) is 0 Å². The molecular weight excluding hydrogens is 470 g/mol. The molecule has 156 valence electrons. The van der Waals surface area contributed by atoms with E-state index in [4.69, 9.17) is 4.74 Å². The van der Waals surface area contributed by atoms with E-state index in [-0.39, 0.29) is 31.0 Å². The van der Waals surface area contributed by atoms with Crippen molar-refractivity contribution >= 4 is 50.0 Å². The van der Waals surface area contributed by atoms with Crippen LogP contribution in [0.3, 0.4) is 0 Å². The number of amides is 1. The molecule has 7 nitrogen and oxygen atoms in total. The van der Waals surface area contributed by atoms with E-state index in [9.17, 15) is 14.4 Å². The Hall–Kier alpha value is -2.78. The fourth-order valence-corrected chi connectivity index (χ4v) is 4.32. The van der Waals surface area contributed by atoms with E-state index in [1.54, 1.807) is 35.2 Å². The number of carbonyl (C=O) groups excluding carboxylic acids is 2. The zero-order valence-corrected chi connectivity index (χ0v) is 18.5. The molecule has 0 bridgehead atoms. The maximum atomic E-state index is 12.5. The van der Waals surface area contributed by atoms with E-state index in [0.29, 0.717) is 24.0 Å². The third kappa shape index (κ3) is 5.64. The summed E-state index contributed by atoms with van der Waals surface area (Å²) in [5.41, 5.74) is 0.385. The molecule has 0 aliphatic rings.